The first-order chi connectivity index (χ1) is 10.4. The van der Waals surface area contributed by atoms with Crippen LogP contribution in [-0.4, -0.2) is 17.7 Å². The number of hydrogen-bond acceptors (Lipinski definition) is 3. The smallest absolute Gasteiger partial charge is 0.339 e. The van der Waals surface area contributed by atoms with E-state index < -0.39 is 17.3 Å². The molecule has 1 fully saturated rings. The lowest BCUT2D eigenvalue weighted by molar-refractivity contribution is -0.156. The van der Waals surface area contributed by atoms with Crippen LogP contribution in [0, 0.1) is 0 Å². The second-order valence-electron chi connectivity index (χ2n) is 6.50. The molecular formula is C19H20O3. The van der Waals surface area contributed by atoms with Gasteiger partial charge in [0.15, 0.2) is 11.7 Å². The second-order valence-corrected chi connectivity index (χ2v) is 6.50. The number of epoxide rings is 1. The molecule has 1 aliphatic rings. The first-order valence-corrected chi connectivity index (χ1v) is 7.45. The van der Waals surface area contributed by atoms with Crippen LogP contribution in [0.4, 0.5) is 0 Å². The highest BCUT2D eigenvalue weighted by atomic mass is 16.7. The summed E-state index contributed by atoms with van der Waals surface area (Å²) in [6.45, 7) is 5.58. The maximum Gasteiger partial charge on any atom is 0.339 e. The maximum atomic E-state index is 12.4. The molecule has 3 nitrogen and oxygen atoms in total. The Kier molecular flexibility index (Phi) is 3.53. The minimum atomic E-state index is -0.731. The first kappa shape index (κ1) is 14.8. The van der Waals surface area contributed by atoms with Crippen LogP contribution in [0.5, 0.6) is 0 Å². The van der Waals surface area contributed by atoms with Crippen LogP contribution in [-0.2, 0) is 19.9 Å². The van der Waals surface area contributed by atoms with Crippen molar-refractivity contribution in [3.63, 3.8) is 0 Å². The van der Waals surface area contributed by atoms with Crippen molar-refractivity contribution in [1.82, 2.24) is 0 Å². The number of hydrogen-bond donors (Lipinski definition) is 0. The first-order valence-electron chi connectivity index (χ1n) is 7.45. The fraction of sp³-hybridized carbons (Fsp3) is 0.316. The Bertz CT molecular complexity index is 617. The Labute approximate surface area is 130 Å². The normalized spacial score (nSPS) is 19.5. The second kappa shape index (κ2) is 5.25. The van der Waals surface area contributed by atoms with E-state index in [0.29, 0.717) is 0 Å². The van der Waals surface area contributed by atoms with E-state index in [-0.39, 0.29) is 5.97 Å². The van der Waals surface area contributed by atoms with Gasteiger partial charge in [-0.05, 0) is 31.9 Å². The Hall–Kier alpha value is -2.13. The highest BCUT2D eigenvalue weighted by Crippen LogP contribution is 2.52. The van der Waals surface area contributed by atoms with Gasteiger partial charge in [0.1, 0.15) is 5.60 Å². The van der Waals surface area contributed by atoms with E-state index in [9.17, 15) is 4.79 Å². The number of carbonyl (C=O) groups excluding carboxylic acids is 1. The summed E-state index contributed by atoms with van der Waals surface area (Å²) in [5.74, 6) is -0.319. The molecule has 2 aromatic carbocycles. The van der Waals surface area contributed by atoms with Gasteiger partial charge < -0.3 is 9.47 Å². The molecule has 3 heteroatoms. The van der Waals surface area contributed by atoms with E-state index >= 15 is 0 Å². The van der Waals surface area contributed by atoms with Crippen LogP contribution in [0.2, 0.25) is 0 Å². The lowest BCUT2D eigenvalue weighted by atomic mass is 9.88. The maximum absolute atomic E-state index is 12.4. The summed E-state index contributed by atoms with van der Waals surface area (Å²) in [5, 5.41) is 0. The van der Waals surface area contributed by atoms with Crippen molar-refractivity contribution in [2.45, 2.75) is 38.1 Å². The summed E-state index contributed by atoms with van der Waals surface area (Å²) >= 11 is 0. The fourth-order valence-corrected chi connectivity index (χ4v) is 2.70. The van der Waals surface area contributed by atoms with Crippen molar-refractivity contribution in [2.75, 3.05) is 0 Å². The minimum absolute atomic E-state index is 0.319. The molecule has 0 aliphatic carbocycles. The van der Waals surface area contributed by atoms with Gasteiger partial charge >= 0.3 is 5.97 Å². The third-order valence-electron chi connectivity index (χ3n) is 3.64. The molecule has 1 aliphatic heterocycles. The SMILES string of the molecule is CC(C)(C)OC(=O)C1OC1(c1ccccc1)c1ccccc1. The summed E-state index contributed by atoms with van der Waals surface area (Å²) in [4.78, 5) is 12.4. The molecule has 1 atom stereocenters. The minimum Gasteiger partial charge on any atom is -0.458 e. The number of esters is 1. The van der Waals surface area contributed by atoms with Gasteiger partial charge in [-0.15, -0.1) is 0 Å². The van der Waals surface area contributed by atoms with E-state index in [2.05, 4.69) is 0 Å². The molecule has 2 aromatic rings. The number of benzene rings is 2. The van der Waals surface area contributed by atoms with Crippen LogP contribution in [0.3, 0.4) is 0 Å². The predicted octanol–water partition coefficient (Wildman–Crippen LogP) is 3.67. The number of ether oxygens (including phenoxy) is 2. The lowest BCUT2D eigenvalue weighted by Crippen LogP contribution is -2.30. The van der Waals surface area contributed by atoms with Gasteiger partial charge in [-0.3, -0.25) is 0 Å². The van der Waals surface area contributed by atoms with E-state index in [1.54, 1.807) is 0 Å². The molecule has 0 aromatic heterocycles. The van der Waals surface area contributed by atoms with Crippen molar-refractivity contribution in [1.29, 1.82) is 0 Å². The molecule has 0 radical (unpaired) electrons. The van der Waals surface area contributed by atoms with Crippen molar-refractivity contribution < 1.29 is 14.3 Å². The molecule has 1 saturated heterocycles. The average Bonchev–Trinajstić information content (AvgIpc) is 3.24. The van der Waals surface area contributed by atoms with Crippen LogP contribution in [0.15, 0.2) is 60.7 Å². The third-order valence-corrected chi connectivity index (χ3v) is 3.64. The molecule has 0 N–H and O–H groups in total. The van der Waals surface area contributed by atoms with Crippen LogP contribution in [0.25, 0.3) is 0 Å². The molecule has 0 bridgehead atoms. The molecule has 3 rings (SSSR count). The number of carbonyl (C=O) groups is 1. The average molecular weight is 296 g/mol. The van der Waals surface area contributed by atoms with Crippen LogP contribution in [0.1, 0.15) is 31.9 Å². The van der Waals surface area contributed by atoms with Crippen LogP contribution >= 0.6 is 0 Å². The molecule has 114 valence electrons. The molecule has 0 saturated carbocycles. The zero-order chi connectivity index (χ0) is 15.8. The van der Waals surface area contributed by atoms with E-state index in [4.69, 9.17) is 9.47 Å². The van der Waals surface area contributed by atoms with Gasteiger partial charge in [-0.1, -0.05) is 60.7 Å². The molecule has 0 amide bonds. The molecule has 1 unspecified atom stereocenters. The predicted molar refractivity (Wildman–Crippen MR) is 84.4 cm³/mol. The van der Waals surface area contributed by atoms with Crippen molar-refractivity contribution >= 4 is 5.97 Å². The standard InChI is InChI=1S/C19H20O3/c1-18(2,3)22-17(20)16-19(21-16,14-10-6-4-7-11-14)15-12-8-5-9-13-15/h4-13,16H,1-3H3. The van der Waals surface area contributed by atoms with Gasteiger partial charge in [0, 0.05) is 0 Å². The molecular weight excluding hydrogens is 276 g/mol. The zero-order valence-corrected chi connectivity index (χ0v) is 13.1. The summed E-state index contributed by atoms with van der Waals surface area (Å²) in [6.07, 6.45) is -0.600. The Morgan fingerprint density at radius 2 is 1.41 bits per heavy atom. The van der Waals surface area contributed by atoms with E-state index in [0.717, 1.165) is 11.1 Å². The highest BCUT2D eigenvalue weighted by Gasteiger charge is 2.64. The van der Waals surface area contributed by atoms with Gasteiger partial charge in [-0.25, -0.2) is 4.79 Å². The van der Waals surface area contributed by atoms with E-state index in [1.165, 1.54) is 0 Å². The third kappa shape index (κ3) is 2.64. The Morgan fingerprint density at radius 3 is 1.82 bits per heavy atom. The van der Waals surface area contributed by atoms with Crippen LogP contribution < -0.4 is 0 Å². The van der Waals surface area contributed by atoms with E-state index in [1.807, 2.05) is 81.4 Å². The summed E-state index contributed by atoms with van der Waals surface area (Å²) in [5.41, 5.74) is 0.682. The van der Waals surface area contributed by atoms with Gasteiger partial charge in [0.2, 0.25) is 0 Å². The highest BCUT2D eigenvalue weighted by molar-refractivity contribution is 5.82. The summed E-state index contributed by atoms with van der Waals surface area (Å²) in [6, 6.07) is 19.6. The fourth-order valence-electron chi connectivity index (χ4n) is 2.70. The zero-order valence-electron chi connectivity index (χ0n) is 13.1. The topological polar surface area (TPSA) is 38.8 Å². The monoisotopic (exact) mass is 296 g/mol. The van der Waals surface area contributed by atoms with Crippen molar-refractivity contribution in [2.24, 2.45) is 0 Å². The van der Waals surface area contributed by atoms with Crippen molar-refractivity contribution in [3.8, 4) is 0 Å². The van der Waals surface area contributed by atoms with Gasteiger partial charge in [0.25, 0.3) is 0 Å². The molecule has 0 spiro atoms. The molecule has 22 heavy (non-hydrogen) atoms. The number of rotatable bonds is 3. The quantitative estimate of drug-likeness (QED) is 0.641. The molecule has 1 heterocycles. The Balaban J connectivity index is 1.97. The lowest BCUT2D eigenvalue weighted by Gasteiger charge is -2.20. The summed E-state index contributed by atoms with van der Waals surface area (Å²) < 4.78 is 11.4. The van der Waals surface area contributed by atoms with Gasteiger partial charge in [0.05, 0.1) is 0 Å². The van der Waals surface area contributed by atoms with Gasteiger partial charge in [-0.2, -0.15) is 0 Å². The largest absolute Gasteiger partial charge is 0.458 e. The summed E-state index contributed by atoms with van der Waals surface area (Å²) in [7, 11) is 0. The Morgan fingerprint density at radius 1 is 0.955 bits per heavy atom. The van der Waals surface area contributed by atoms with Crippen molar-refractivity contribution in [3.05, 3.63) is 71.8 Å².